The summed E-state index contributed by atoms with van der Waals surface area (Å²) in [6, 6.07) is 13.0. The zero-order chi connectivity index (χ0) is 17.1. The molecule has 3 rings (SSSR count). The van der Waals surface area contributed by atoms with Crippen molar-refractivity contribution in [3.63, 3.8) is 0 Å². The van der Waals surface area contributed by atoms with Crippen LogP contribution < -0.4 is 10.1 Å². The summed E-state index contributed by atoms with van der Waals surface area (Å²) in [4.78, 5) is 17.2. The van der Waals surface area contributed by atoms with Crippen molar-refractivity contribution >= 4 is 46.2 Å². The zero-order valence-corrected chi connectivity index (χ0v) is 14.7. The van der Waals surface area contributed by atoms with E-state index in [2.05, 4.69) is 10.3 Å². The molecule has 122 valence electrons. The standard InChI is InChI=1S/C18H15ClN2O2S/c1-11-14(19)4-3-5-15(11)20-18-21-17(22)16(24-18)10-12-6-8-13(23-2)9-7-12/h3-10H,1-2H3,(H,20,21,22). The van der Waals surface area contributed by atoms with E-state index in [4.69, 9.17) is 16.3 Å². The molecule has 2 aromatic rings. The molecule has 1 amide bonds. The van der Waals surface area contributed by atoms with Crippen LogP contribution in [0.3, 0.4) is 0 Å². The van der Waals surface area contributed by atoms with Crippen LogP contribution in [0.25, 0.3) is 6.08 Å². The molecule has 24 heavy (non-hydrogen) atoms. The summed E-state index contributed by atoms with van der Waals surface area (Å²) in [7, 11) is 1.62. The molecular weight excluding hydrogens is 344 g/mol. The first-order chi connectivity index (χ1) is 11.6. The quantitative estimate of drug-likeness (QED) is 0.819. The number of nitrogens with one attached hydrogen (secondary N) is 1. The molecule has 1 heterocycles. The average Bonchev–Trinajstić information content (AvgIpc) is 2.92. The topological polar surface area (TPSA) is 50.7 Å². The number of rotatable bonds is 3. The Labute approximate surface area is 149 Å². The lowest BCUT2D eigenvalue weighted by atomic mass is 10.2. The largest absolute Gasteiger partial charge is 0.497 e. The molecule has 1 aliphatic rings. The number of hydrogen-bond acceptors (Lipinski definition) is 4. The van der Waals surface area contributed by atoms with Crippen LogP contribution in [0.1, 0.15) is 11.1 Å². The fourth-order valence-electron chi connectivity index (χ4n) is 2.16. The van der Waals surface area contributed by atoms with Gasteiger partial charge in [0, 0.05) is 5.02 Å². The van der Waals surface area contributed by atoms with Crippen molar-refractivity contribution in [2.24, 2.45) is 4.99 Å². The SMILES string of the molecule is COc1ccc(C=C2SC(=Nc3cccc(Cl)c3C)NC2=O)cc1. The molecule has 0 atom stereocenters. The van der Waals surface area contributed by atoms with Gasteiger partial charge in [0.25, 0.3) is 5.91 Å². The number of carbonyl (C=O) groups is 1. The third-order valence-corrected chi connectivity index (χ3v) is 4.84. The van der Waals surface area contributed by atoms with Crippen LogP contribution in [0.15, 0.2) is 52.4 Å². The van der Waals surface area contributed by atoms with Gasteiger partial charge in [-0.25, -0.2) is 4.99 Å². The molecule has 0 unspecified atom stereocenters. The first-order valence-corrected chi connectivity index (χ1v) is 8.45. The van der Waals surface area contributed by atoms with Crippen molar-refractivity contribution in [3.8, 4) is 5.75 Å². The number of ether oxygens (including phenoxy) is 1. The summed E-state index contributed by atoms with van der Waals surface area (Å²) in [6.07, 6.45) is 1.83. The number of halogens is 1. The monoisotopic (exact) mass is 358 g/mol. The van der Waals surface area contributed by atoms with Crippen LogP contribution in [0.4, 0.5) is 5.69 Å². The molecule has 0 spiro atoms. The number of nitrogens with zero attached hydrogens (tertiary/aromatic N) is 1. The molecule has 1 fully saturated rings. The second kappa shape index (κ2) is 7.11. The Morgan fingerprint density at radius 1 is 1.21 bits per heavy atom. The van der Waals surface area contributed by atoms with Crippen LogP contribution in [0, 0.1) is 6.92 Å². The fourth-order valence-corrected chi connectivity index (χ4v) is 3.16. The van der Waals surface area contributed by atoms with Gasteiger partial charge in [0.1, 0.15) is 5.75 Å². The Bertz CT molecular complexity index is 845. The molecule has 1 aliphatic heterocycles. The normalized spacial score (nSPS) is 17.4. The van der Waals surface area contributed by atoms with Crippen LogP contribution in [0.5, 0.6) is 5.75 Å². The van der Waals surface area contributed by atoms with Gasteiger partial charge in [-0.05, 0) is 60.2 Å². The van der Waals surface area contributed by atoms with Gasteiger partial charge in [-0.3, -0.25) is 4.79 Å². The second-order valence-corrected chi connectivity index (χ2v) is 6.58. The van der Waals surface area contributed by atoms with E-state index in [1.165, 1.54) is 11.8 Å². The molecule has 2 aromatic carbocycles. The molecule has 1 saturated heterocycles. The van der Waals surface area contributed by atoms with Crippen LogP contribution in [-0.2, 0) is 4.79 Å². The van der Waals surface area contributed by atoms with Crippen molar-refractivity contribution in [2.75, 3.05) is 7.11 Å². The predicted molar refractivity (Wildman–Crippen MR) is 100.0 cm³/mol. The van der Waals surface area contributed by atoms with Crippen molar-refractivity contribution < 1.29 is 9.53 Å². The molecule has 0 saturated carbocycles. The molecule has 0 aliphatic carbocycles. The average molecular weight is 359 g/mol. The Morgan fingerprint density at radius 2 is 1.96 bits per heavy atom. The van der Waals surface area contributed by atoms with Gasteiger partial charge in [0.15, 0.2) is 5.17 Å². The second-order valence-electron chi connectivity index (χ2n) is 5.14. The zero-order valence-electron chi connectivity index (χ0n) is 13.2. The highest BCUT2D eigenvalue weighted by Crippen LogP contribution is 2.31. The van der Waals surface area contributed by atoms with Crippen molar-refractivity contribution in [2.45, 2.75) is 6.92 Å². The highest BCUT2D eigenvalue weighted by Gasteiger charge is 2.24. The molecule has 6 heteroatoms. The summed E-state index contributed by atoms with van der Waals surface area (Å²) >= 11 is 7.41. The van der Waals surface area contributed by atoms with Gasteiger partial charge in [-0.1, -0.05) is 29.8 Å². The summed E-state index contributed by atoms with van der Waals surface area (Å²) in [6.45, 7) is 1.90. The number of benzene rings is 2. The highest BCUT2D eigenvalue weighted by molar-refractivity contribution is 8.18. The van der Waals surface area contributed by atoms with Gasteiger partial charge < -0.3 is 10.1 Å². The summed E-state index contributed by atoms with van der Waals surface area (Å²) in [5, 5.41) is 3.98. The highest BCUT2D eigenvalue weighted by atomic mass is 35.5. The lowest BCUT2D eigenvalue weighted by Gasteiger charge is -2.02. The van der Waals surface area contributed by atoms with E-state index in [0.29, 0.717) is 15.1 Å². The number of thioether (sulfide) groups is 1. The lowest BCUT2D eigenvalue weighted by Crippen LogP contribution is -2.19. The Kier molecular flexibility index (Phi) is 4.92. The van der Waals surface area contributed by atoms with Gasteiger partial charge in [-0.2, -0.15) is 0 Å². The minimum absolute atomic E-state index is 0.158. The van der Waals surface area contributed by atoms with E-state index in [1.807, 2.05) is 55.5 Å². The molecule has 4 nitrogen and oxygen atoms in total. The molecule has 0 bridgehead atoms. The number of carbonyl (C=O) groups excluding carboxylic acids is 1. The van der Waals surface area contributed by atoms with Gasteiger partial charge in [0.2, 0.25) is 0 Å². The molecule has 0 radical (unpaired) electrons. The lowest BCUT2D eigenvalue weighted by molar-refractivity contribution is -0.115. The summed E-state index contributed by atoms with van der Waals surface area (Å²) in [5.41, 5.74) is 2.55. The number of hydrogen-bond donors (Lipinski definition) is 1. The van der Waals surface area contributed by atoms with Crippen LogP contribution >= 0.6 is 23.4 Å². The van der Waals surface area contributed by atoms with E-state index in [1.54, 1.807) is 7.11 Å². The maximum Gasteiger partial charge on any atom is 0.264 e. The van der Waals surface area contributed by atoms with E-state index in [-0.39, 0.29) is 5.91 Å². The third kappa shape index (κ3) is 3.63. The smallest absolute Gasteiger partial charge is 0.264 e. The number of methoxy groups -OCH3 is 1. The first kappa shape index (κ1) is 16.6. The molecule has 0 aromatic heterocycles. The van der Waals surface area contributed by atoms with E-state index in [9.17, 15) is 4.79 Å². The summed E-state index contributed by atoms with van der Waals surface area (Å²) < 4.78 is 5.13. The summed E-state index contributed by atoms with van der Waals surface area (Å²) in [5.74, 6) is 0.619. The Morgan fingerprint density at radius 3 is 2.67 bits per heavy atom. The van der Waals surface area contributed by atoms with Crippen molar-refractivity contribution in [3.05, 3.63) is 63.5 Å². The van der Waals surface area contributed by atoms with Gasteiger partial charge in [0.05, 0.1) is 17.7 Å². The first-order valence-electron chi connectivity index (χ1n) is 7.25. The van der Waals surface area contributed by atoms with Crippen molar-refractivity contribution in [1.82, 2.24) is 5.32 Å². The third-order valence-electron chi connectivity index (χ3n) is 3.53. The minimum atomic E-state index is -0.158. The Balaban J connectivity index is 1.83. The maximum atomic E-state index is 12.1. The number of amides is 1. The fraction of sp³-hybridized carbons (Fsp3) is 0.111. The van der Waals surface area contributed by atoms with E-state index < -0.39 is 0 Å². The number of amidine groups is 1. The van der Waals surface area contributed by atoms with Crippen molar-refractivity contribution in [1.29, 1.82) is 0 Å². The molecular formula is C18H15ClN2O2S. The maximum absolute atomic E-state index is 12.1. The van der Waals surface area contributed by atoms with E-state index >= 15 is 0 Å². The van der Waals surface area contributed by atoms with Crippen LogP contribution in [0.2, 0.25) is 5.02 Å². The Hall–Kier alpha value is -2.24. The molecule has 1 N–H and O–H groups in total. The van der Waals surface area contributed by atoms with Crippen LogP contribution in [-0.4, -0.2) is 18.2 Å². The predicted octanol–water partition coefficient (Wildman–Crippen LogP) is 4.55. The number of aliphatic imine (C=N–C) groups is 1. The minimum Gasteiger partial charge on any atom is -0.497 e. The van der Waals surface area contributed by atoms with E-state index in [0.717, 1.165) is 22.6 Å². The van der Waals surface area contributed by atoms with Gasteiger partial charge in [-0.15, -0.1) is 0 Å². The van der Waals surface area contributed by atoms with Gasteiger partial charge >= 0.3 is 0 Å².